The Morgan fingerprint density at radius 1 is 1.38 bits per heavy atom. The van der Waals surface area contributed by atoms with Gasteiger partial charge >= 0.3 is 5.63 Å². The highest BCUT2D eigenvalue weighted by atomic mass is 16.6. The van der Waals surface area contributed by atoms with Gasteiger partial charge in [0.2, 0.25) is 0 Å². The molecule has 1 aromatic heterocycles. The number of rotatable bonds is 4. The number of hydrogen-bond acceptors (Lipinski definition) is 5. The van der Waals surface area contributed by atoms with Crippen molar-refractivity contribution in [2.24, 2.45) is 5.92 Å². The highest BCUT2D eigenvalue weighted by Crippen LogP contribution is 2.19. The second-order valence-corrected chi connectivity index (χ2v) is 5.03. The average Bonchev–Trinajstić information content (AvgIpc) is 2.43. The van der Waals surface area contributed by atoms with Crippen LogP contribution in [-0.2, 0) is 0 Å². The summed E-state index contributed by atoms with van der Waals surface area (Å²) < 4.78 is 4.95. The average molecular weight is 290 g/mol. The number of non-ortho nitro benzene ring substituents is 1. The maximum Gasteiger partial charge on any atom is 0.344 e. The van der Waals surface area contributed by atoms with E-state index in [0.717, 1.165) is 0 Å². The van der Waals surface area contributed by atoms with Crippen LogP contribution in [0.2, 0.25) is 0 Å². The largest absolute Gasteiger partial charge is 0.417 e. The monoisotopic (exact) mass is 290 g/mol. The molecule has 110 valence electrons. The fourth-order valence-electron chi connectivity index (χ4n) is 1.79. The minimum atomic E-state index is -0.697. The standard InChI is InChI=1S/C14H14N2O5/c1-8(2)7-15-13(17)12-6-9-5-10(16(19)20)3-4-11(9)14(18)21-12/h3-6,8H,7H2,1-2H3,(H,15,17). The van der Waals surface area contributed by atoms with Gasteiger partial charge in [0, 0.05) is 18.7 Å². The van der Waals surface area contributed by atoms with Crippen molar-refractivity contribution < 1.29 is 14.1 Å². The van der Waals surface area contributed by atoms with Crippen molar-refractivity contribution >= 4 is 22.4 Å². The van der Waals surface area contributed by atoms with Gasteiger partial charge < -0.3 is 9.73 Å². The molecule has 1 heterocycles. The third-order valence-electron chi connectivity index (χ3n) is 2.85. The Kier molecular flexibility index (Phi) is 4.02. The Hall–Kier alpha value is -2.70. The Bertz CT molecular complexity index is 764. The van der Waals surface area contributed by atoms with Crippen molar-refractivity contribution in [3.63, 3.8) is 0 Å². The second-order valence-electron chi connectivity index (χ2n) is 5.03. The molecule has 0 aliphatic carbocycles. The smallest absolute Gasteiger partial charge is 0.344 e. The third-order valence-corrected chi connectivity index (χ3v) is 2.85. The molecular weight excluding hydrogens is 276 g/mol. The molecular formula is C14H14N2O5. The summed E-state index contributed by atoms with van der Waals surface area (Å²) in [7, 11) is 0. The molecule has 0 saturated carbocycles. The second kappa shape index (κ2) is 5.74. The lowest BCUT2D eigenvalue weighted by atomic mass is 10.1. The molecule has 7 nitrogen and oxygen atoms in total. The number of carbonyl (C=O) groups is 1. The van der Waals surface area contributed by atoms with E-state index in [9.17, 15) is 19.7 Å². The molecule has 1 N–H and O–H groups in total. The first-order valence-electron chi connectivity index (χ1n) is 6.39. The number of nitro groups is 1. The van der Waals surface area contributed by atoms with Crippen LogP contribution in [0, 0.1) is 16.0 Å². The van der Waals surface area contributed by atoms with E-state index in [0.29, 0.717) is 11.9 Å². The topological polar surface area (TPSA) is 102 Å². The van der Waals surface area contributed by atoms with Gasteiger partial charge in [0.15, 0.2) is 5.76 Å². The van der Waals surface area contributed by atoms with Crippen molar-refractivity contribution in [2.75, 3.05) is 6.54 Å². The molecule has 1 aromatic carbocycles. The van der Waals surface area contributed by atoms with Crippen LogP contribution >= 0.6 is 0 Å². The number of amides is 1. The summed E-state index contributed by atoms with van der Waals surface area (Å²) in [6.07, 6.45) is 0. The summed E-state index contributed by atoms with van der Waals surface area (Å²) in [5, 5.41) is 13.9. The zero-order valence-corrected chi connectivity index (χ0v) is 11.6. The van der Waals surface area contributed by atoms with Crippen molar-refractivity contribution in [3.8, 4) is 0 Å². The normalized spacial score (nSPS) is 10.8. The zero-order chi connectivity index (χ0) is 15.6. The molecule has 0 unspecified atom stereocenters. The van der Waals surface area contributed by atoms with Crippen LogP contribution in [0.15, 0.2) is 33.5 Å². The molecule has 0 spiro atoms. The maximum atomic E-state index is 11.9. The number of nitro benzene ring substituents is 1. The SMILES string of the molecule is CC(C)CNC(=O)c1cc2cc([N+](=O)[O-])ccc2c(=O)o1. The summed E-state index contributed by atoms with van der Waals surface area (Å²) in [5.41, 5.74) is -0.848. The van der Waals surface area contributed by atoms with E-state index in [1.807, 2.05) is 13.8 Å². The van der Waals surface area contributed by atoms with E-state index >= 15 is 0 Å². The minimum Gasteiger partial charge on any atom is -0.417 e. The number of benzene rings is 1. The lowest BCUT2D eigenvalue weighted by Gasteiger charge is -2.07. The molecule has 1 amide bonds. The van der Waals surface area contributed by atoms with Crippen LogP contribution in [0.1, 0.15) is 24.4 Å². The van der Waals surface area contributed by atoms with Crippen molar-refractivity contribution in [1.82, 2.24) is 5.32 Å². The van der Waals surface area contributed by atoms with Gasteiger partial charge in [-0.3, -0.25) is 14.9 Å². The molecule has 2 aromatic rings. The molecule has 0 aliphatic rings. The zero-order valence-electron chi connectivity index (χ0n) is 11.6. The fourth-order valence-corrected chi connectivity index (χ4v) is 1.79. The third kappa shape index (κ3) is 3.25. The summed E-state index contributed by atoms with van der Waals surface area (Å²) in [5.74, 6) is -0.426. The van der Waals surface area contributed by atoms with E-state index in [-0.39, 0.29) is 22.8 Å². The van der Waals surface area contributed by atoms with Crippen LogP contribution in [-0.4, -0.2) is 17.4 Å². The first-order valence-corrected chi connectivity index (χ1v) is 6.39. The van der Waals surface area contributed by atoms with Crippen LogP contribution in [0.4, 0.5) is 5.69 Å². The molecule has 21 heavy (non-hydrogen) atoms. The highest BCUT2D eigenvalue weighted by molar-refractivity contribution is 5.95. The first kappa shape index (κ1) is 14.7. The van der Waals surface area contributed by atoms with Gasteiger partial charge in [-0.05, 0) is 23.4 Å². The molecule has 7 heteroatoms. The van der Waals surface area contributed by atoms with Crippen LogP contribution in [0.5, 0.6) is 0 Å². The highest BCUT2D eigenvalue weighted by Gasteiger charge is 2.14. The maximum absolute atomic E-state index is 11.9. The Morgan fingerprint density at radius 2 is 2.10 bits per heavy atom. The molecule has 0 radical (unpaired) electrons. The lowest BCUT2D eigenvalue weighted by Crippen LogP contribution is -2.28. The van der Waals surface area contributed by atoms with Gasteiger partial charge in [0.05, 0.1) is 10.3 Å². The van der Waals surface area contributed by atoms with E-state index in [2.05, 4.69) is 5.32 Å². The Balaban J connectivity index is 2.44. The van der Waals surface area contributed by atoms with Crippen LogP contribution in [0.3, 0.4) is 0 Å². The number of fused-ring (bicyclic) bond motifs is 1. The predicted octanol–water partition coefficient (Wildman–Crippen LogP) is 2.09. The quantitative estimate of drug-likeness (QED) is 0.686. The van der Waals surface area contributed by atoms with Gasteiger partial charge in [-0.15, -0.1) is 0 Å². The van der Waals surface area contributed by atoms with Crippen LogP contribution < -0.4 is 10.9 Å². The van der Waals surface area contributed by atoms with E-state index < -0.39 is 16.5 Å². The number of carbonyl (C=O) groups excluding carboxylic acids is 1. The molecule has 0 bridgehead atoms. The van der Waals surface area contributed by atoms with E-state index in [4.69, 9.17) is 4.42 Å². The molecule has 0 atom stereocenters. The fraction of sp³-hybridized carbons (Fsp3) is 0.286. The van der Waals surface area contributed by atoms with Crippen molar-refractivity contribution in [2.45, 2.75) is 13.8 Å². The van der Waals surface area contributed by atoms with Gasteiger partial charge in [-0.2, -0.15) is 0 Å². The molecule has 0 fully saturated rings. The molecule has 2 rings (SSSR count). The first-order chi connectivity index (χ1) is 9.88. The van der Waals surface area contributed by atoms with Crippen molar-refractivity contribution in [1.29, 1.82) is 0 Å². The minimum absolute atomic E-state index is 0.151. The van der Waals surface area contributed by atoms with Gasteiger partial charge in [0.25, 0.3) is 11.6 Å². The molecule has 0 aliphatic heterocycles. The van der Waals surface area contributed by atoms with E-state index in [1.54, 1.807) is 0 Å². The molecule has 0 saturated heterocycles. The van der Waals surface area contributed by atoms with Crippen LogP contribution in [0.25, 0.3) is 10.8 Å². The number of hydrogen-bond donors (Lipinski definition) is 1. The summed E-state index contributed by atoms with van der Waals surface area (Å²) >= 11 is 0. The van der Waals surface area contributed by atoms with Gasteiger partial charge in [-0.1, -0.05) is 13.8 Å². The number of nitrogens with zero attached hydrogens (tertiary/aromatic N) is 1. The summed E-state index contributed by atoms with van der Waals surface area (Å²) in [6, 6.07) is 5.11. The van der Waals surface area contributed by atoms with Gasteiger partial charge in [-0.25, -0.2) is 4.79 Å². The lowest BCUT2D eigenvalue weighted by molar-refractivity contribution is -0.384. The van der Waals surface area contributed by atoms with Gasteiger partial charge in [0.1, 0.15) is 0 Å². The number of nitrogens with one attached hydrogen (secondary N) is 1. The van der Waals surface area contributed by atoms with Crippen molar-refractivity contribution in [3.05, 3.63) is 50.6 Å². The van der Waals surface area contributed by atoms with E-state index in [1.165, 1.54) is 24.3 Å². The Labute approximate surface area is 119 Å². The summed E-state index contributed by atoms with van der Waals surface area (Å²) in [6.45, 7) is 4.30. The summed E-state index contributed by atoms with van der Waals surface area (Å²) in [4.78, 5) is 33.9. The Morgan fingerprint density at radius 3 is 2.71 bits per heavy atom. The predicted molar refractivity (Wildman–Crippen MR) is 76.3 cm³/mol.